The van der Waals surface area contributed by atoms with Crippen LogP contribution in [0.4, 0.5) is 4.79 Å². The van der Waals surface area contributed by atoms with Gasteiger partial charge in [0, 0.05) is 13.2 Å². The highest BCUT2D eigenvalue weighted by molar-refractivity contribution is 5.71. The molecule has 0 radical (unpaired) electrons. The third-order valence-corrected chi connectivity index (χ3v) is 3.69. The second-order valence-corrected chi connectivity index (χ2v) is 5.84. The predicted octanol–water partition coefficient (Wildman–Crippen LogP) is 4.37. The average Bonchev–Trinajstić information content (AvgIpc) is 2.47. The van der Waals surface area contributed by atoms with E-state index in [1.165, 1.54) is 44.9 Å². The van der Waals surface area contributed by atoms with Gasteiger partial charge in [-0.05, 0) is 25.7 Å². The molecule has 0 aromatic rings. The maximum absolute atomic E-state index is 10.6. The molecule has 0 aromatic carbocycles. The summed E-state index contributed by atoms with van der Waals surface area (Å²) in [6.07, 6.45) is 13.9. The molecule has 0 heterocycles. The summed E-state index contributed by atoms with van der Waals surface area (Å²) in [6, 6.07) is -0.437. The van der Waals surface area contributed by atoms with E-state index in [9.17, 15) is 4.79 Å². The number of hydrogen-bond acceptors (Lipinski definition) is 2. The lowest BCUT2D eigenvalue weighted by Gasteiger charge is -2.17. The normalized spacial score (nSPS) is 12.3. The van der Waals surface area contributed by atoms with Crippen molar-refractivity contribution in [1.82, 2.24) is 5.32 Å². The second kappa shape index (κ2) is 15.6. The van der Waals surface area contributed by atoms with Gasteiger partial charge >= 0.3 is 6.03 Å². The molecule has 21 heavy (non-hydrogen) atoms. The van der Waals surface area contributed by atoms with Crippen molar-refractivity contribution in [1.29, 1.82) is 0 Å². The van der Waals surface area contributed by atoms with Crippen LogP contribution in [-0.4, -0.2) is 25.3 Å². The summed E-state index contributed by atoms with van der Waals surface area (Å²) in [5, 5.41) is 2.64. The van der Waals surface area contributed by atoms with E-state index < -0.39 is 6.03 Å². The van der Waals surface area contributed by atoms with Gasteiger partial charge in [-0.15, -0.1) is 0 Å². The number of amides is 2. The first-order chi connectivity index (χ1) is 10.2. The van der Waals surface area contributed by atoms with E-state index in [0.29, 0.717) is 12.6 Å². The topological polar surface area (TPSA) is 64.3 Å². The van der Waals surface area contributed by atoms with Crippen LogP contribution in [0.15, 0.2) is 0 Å². The Morgan fingerprint density at radius 2 is 1.57 bits per heavy atom. The molecular weight excluding hydrogens is 264 g/mol. The number of urea groups is 1. The van der Waals surface area contributed by atoms with E-state index in [4.69, 9.17) is 10.5 Å². The van der Waals surface area contributed by atoms with Crippen LogP contribution in [-0.2, 0) is 4.74 Å². The summed E-state index contributed by atoms with van der Waals surface area (Å²) < 4.78 is 5.90. The summed E-state index contributed by atoms with van der Waals surface area (Å²) in [6.45, 7) is 5.88. The van der Waals surface area contributed by atoms with Crippen LogP contribution in [0.3, 0.4) is 0 Å². The number of nitrogens with two attached hydrogens (primary N) is 1. The van der Waals surface area contributed by atoms with Crippen LogP contribution in [0.1, 0.15) is 84.5 Å². The van der Waals surface area contributed by atoms with Crippen molar-refractivity contribution in [3.8, 4) is 0 Å². The van der Waals surface area contributed by atoms with Crippen molar-refractivity contribution < 1.29 is 9.53 Å². The Bertz CT molecular complexity index is 235. The van der Waals surface area contributed by atoms with Crippen molar-refractivity contribution in [2.75, 3.05) is 13.2 Å². The maximum atomic E-state index is 10.6. The lowest BCUT2D eigenvalue weighted by atomic mass is 10.0. The van der Waals surface area contributed by atoms with Crippen molar-refractivity contribution in [2.24, 2.45) is 5.73 Å². The zero-order valence-electron chi connectivity index (χ0n) is 14.2. The lowest BCUT2D eigenvalue weighted by Crippen LogP contribution is -2.30. The highest BCUT2D eigenvalue weighted by Crippen LogP contribution is 2.14. The quantitative estimate of drug-likeness (QED) is 0.441. The van der Waals surface area contributed by atoms with Crippen molar-refractivity contribution in [3.63, 3.8) is 0 Å². The van der Waals surface area contributed by atoms with Gasteiger partial charge < -0.3 is 15.8 Å². The Labute approximate surface area is 131 Å². The molecule has 0 aromatic heterocycles. The van der Waals surface area contributed by atoms with E-state index in [-0.39, 0.29) is 0 Å². The van der Waals surface area contributed by atoms with Gasteiger partial charge in [-0.2, -0.15) is 0 Å². The van der Waals surface area contributed by atoms with E-state index in [2.05, 4.69) is 19.2 Å². The van der Waals surface area contributed by atoms with Gasteiger partial charge in [0.2, 0.25) is 0 Å². The van der Waals surface area contributed by atoms with Gasteiger partial charge in [0.25, 0.3) is 0 Å². The van der Waals surface area contributed by atoms with Gasteiger partial charge in [-0.1, -0.05) is 58.8 Å². The molecule has 0 saturated carbocycles. The van der Waals surface area contributed by atoms with E-state index in [1.54, 1.807) is 0 Å². The second-order valence-electron chi connectivity index (χ2n) is 5.84. The molecule has 4 nitrogen and oxygen atoms in total. The van der Waals surface area contributed by atoms with Crippen molar-refractivity contribution in [3.05, 3.63) is 0 Å². The standard InChI is InChI=1S/C17H36N2O2/c1-3-5-6-7-8-9-10-12-16(21-15-4-2)13-11-14-19-17(18)20/h16H,3-15H2,1-2H3,(H3,18,19,20). The zero-order chi connectivity index (χ0) is 15.8. The fraction of sp³-hybridized carbons (Fsp3) is 0.941. The Morgan fingerprint density at radius 1 is 0.952 bits per heavy atom. The fourth-order valence-corrected chi connectivity index (χ4v) is 2.47. The van der Waals surface area contributed by atoms with Crippen LogP contribution in [0.5, 0.6) is 0 Å². The minimum Gasteiger partial charge on any atom is -0.378 e. The van der Waals surface area contributed by atoms with Crippen LogP contribution < -0.4 is 11.1 Å². The summed E-state index contributed by atoms with van der Waals surface area (Å²) in [5.41, 5.74) is 5.06. The molecule has 0 aliphatic rings. The summed E-state index contributed by atoms with van der Waals surface area (Å²) in [7, 11) is 0. The third kappa shape index (κ3) is 15.4. The molecule has 0 aliphatic heterocycles. The Kier molecular flexibility index (Phi) is 15.0. The number of unbranched alkanes of at least 4 members (excludes halogenated alkanes) is 6. The number of primary amides is 1. The number of carbonyl (C=O) groups is 1. The minimum absolute atomic E-state index is 0.343. The largest absolute Gasteiger partial charge is 0.378 e. The number of carbonyl (C=O) groups excluding carboxylic acids is 1. The summed E-state index contributed by atoms with van der Waals surface area (Å²) in [4.78, 5) is 10.6. The van der Waals surface area contributed by atoms with Crippen LogP contribution in [0.25, 0.3) is 0 Å². The van der Waals surface area contributed by atoms with Crippen LogP contribution >= 0.6 is 0 Å². The minimum atomic E-state index is -0.437. The van der Waals surface area contributed by atoms with Gasteiger partial charge in [-0.25, -0.2) is 4.79 Å². The molecule has 126 valence electrons. The molecule has 0 fully saturated rings. The maximum Gasteiger partial charge on any atom is 0.312 e. The van der Waals surface area contributed by atoms with Gasteiger partial charge in [-0.3, -0.25) is 0 Å². The van der Waals surface area contributed by atoms with Gasteiger partial charge in [0.15, 0.2) is 0 Å². The van der Waals surface area contributed by atoms with Crippen molar-refractivity contribution in [2.45, 2.75) is 90.6 Å². The highest BCUT2D eigenvalue weighted by atomic mass is 16.5. The molecule has 1 unspecified atom stereocenters. The van der Waals surface area contributed by atoms with Gasteiger partial charge in [0.1, 0.15) is 0 Å². The third-order valence-electron chi connectivity index (χ3n) is 3.69. The monoisotopic (exact) mass is 300 g/mol. The number of ether oxygens (including phenoxy) is 1. The van der Waals surface area contributed by atoms with Crippen LogP contribution in [0.2, 0.25) is 0 Å². The highest BCUT2D eigenvalue weighted by Gasteiger charge is 2.08. The molecule has 4 heteroatoms. The fourth-order valence-electron chi connectivity index (χ4n) is 2.47. The van der Waals surface area contributed by atoms with E-state index >= 15 is 0 Å². The Hall–Kier alpha value is -0.770. The van der Waals surface area contributed by atoms with Crippen LogP contribution in [0, 0.1) is 0 Å². The average molecular weight is 300 g/mol. The first-order valence-electron chi connectivity index (χ1n) is 8.85. The van der Waals surface area contributed by atoms with E-state index in [1.807, 2.05) is 0 Å². The first-order valence-corrected chi connectivity index (χ1v) is 8.85. The molecule has 0 rings (SSSR count). The molecule has 0 saturated heterocycles. The first kappa shape index (κ1) is 20.2. The number of hydrogen-bond donors (Lipinski definition) is 2. The smallest absolute Gasteiger partial charge is 0.312 e. The van der Waals surface area contributed by atoms with E-state index in [0.717, 1.165) is 32.3 Å². The Morgan fingerprint density at radius 3 is 2.19 bits per heavy atom. The summed E-state index contributed by atoms with van der Waals surface area (Å²) >= 11 is 0. The number of rotatable bonds is 15. The molecule has 0 aliphatic carbocycles. The number of nitrogens with one attached hydrogen (secondary N) is 1. The zero-order valence-corrected chi connectivity index (χ0v) is 14.2. The molecule has 0 spiro atoms. The molecule has 3 N–H and O–H groups in total. The molecule has 2 amide bonds. The summed E-state index contributed by atoms with van der Waals surface area (Å²) in [5.74, 6) is 0. The molecule has 0 bridgehead atoms. The Balaban J connectivity index is 3.62. The van der Waals surface area contributed by atoms with Crippen molar-refractivity contribution >= 4 is 6.03 Å². The molecular formula is C17H36N2O2. The predicted molar refractivity (Wildman–Crippen MR) is 89.5 cm³/mol. The van der Waals surface area contributed by atoms with Gasteiger partial charge in [0.05, 0.1) is 6.10 Å². The molecule has 1 atom stereocenters. The lowest BCUT2D eigenvalue weighted by molar-refractivity contribution is 0.0391. The SMILES string of the molecule is CCCCCCCCCC(CCCNC(N)=O)OCCC.